The van der Waals surface area contributed by atoms with E-state index in [4.69, 9.17) is 4.74 Å². The van der Waals surface area contributed by atoms with Gasteiger partial charge in [-0.2, -0.15) is 5.26 Å². The quantitative estimate of drug-likeness (QED) is 0.928. The third-order valence-electron chi connectivity index (χ3n) is 4.87. The Morgan fingerprint density at radius 3 is 3.00 bits per heavy atom. The standard InChI is InChI=1S/C17H21FN2O2/c18-14-5-4-12(13(8-14)9-19)10-20-6-7-22-11-16(20)15-2-1-3-17(15)21/h4-5,8,15-17,21H,1-3,6-7,10-11H2/t15-,16-,17+/m1/s1. The molecule has 1 aliphatic carbocycles. The summed E-state index contributed by atoms with van der Waals surface area (Å²) in [5.41, 5.74) is 1.22. The summed E-state index contributed by atoms with van der Waals surface area (Å²) in [5.74, 6) is -0.156. The number of morpholine rings is 1. The van der Waals surface area contributed by atoms with Gasteiger partial charge in [0.25, 0.3) is 0 Å². The first kappa shape index (κ1) is 15.4. The molecule has 1 saturated heterocycles. The third-order valence-corrected chi connectivity index (χ3v) is 4.87. The van der Waals surface area contributed by atoms with Gasteiger partial charge >= 0.3 is 0 Å². The van der Waals surface area contributed by atoms with Crippen molar-refractivity contribution < 1.29 is 14.2 Å². The minimum atomic E-state index is -0.384. The van der Waals surface area contributed by atoms with Gasteiger partial charge in [0, 0.05) is 25.0 Å². The monoisotopic (exact) mass is 304 g/mol. The van der Waals surface area contributed by atoms with Crippen LogP contribution >= 0.6 is 0 Å². The molecule has 1 heterocycles. The Morgan fingerprint density at radius 1 is 1.41 bits per heavy atom. The van der Waals surface area contributed by atoms with Crippen molar-refractivity contribution in [2.75, 3.05) is 19.8 Å². The second-order valence-corrected chi connectivity index (χ2v) is 6.19. The molecular formula is C17H21FN2O2. The van der Waals surface area contributed by atoms with Crippen LogP contribution in [0.15, 0.2) is 18.2 Å². The largest absolute Gasteiger partial charge is 0.393 e. The Kier molecular flexibility index (Phi) is 4.72. The van der Waals surface area contributed by atoms with E-state index in [-0.39, 0.29) is 23.9 Å². The van der Waals surface area contributed by atoms with E-state index in [1.165, 1.54) is 12.1 Å². The number of halogens is 1. The summed E-state index contributed by atoms with van der Waals surface area (Å²) in [7, 11) is 0. The van der Waals surface area contributed by atoms with Crippen LogP contribution in [0, 0.1) is 23.1 Å². The highest BCUT2D eigenvalue weighted by Crippen LogP contribution is 2.33. The molecule has 2 fully saturated rings. The molecule has 0 aromatic heterocycles. The van der Waals surface area contributed by atoms with Gasteiger partial charge in [0.05, 0.1) is 31.0 Å². The maximum atomic E-state index is 13.3. The van der Waals surface area contributed by atoms with E-state index < -0.39 is 0 Å². The van der Waals surface area contributed by atoms with Crippen molar-refractivity contribution in [1.82, 2.24) is 4.90 Å². The van der Waals surface area contributed by atoms with E-state index >= 15 is 0 Å². The summed E-state index contributed by atoms with van der Waals surface area (Å²) in [5, 5.41) is 19.4. The number of rotatable bonds is 3. The lowest BCUT2D eigenvalue weighted by atomic mass is 9.93. The maximum absolute atomic E-state index is 13.3. The molecule has 3 atom stereocenters. The number of aliphatic hydroxyl groups excluding tert-OH is 1. The first-order valence-electron chi connectivity index (χ1n) is 7.87. The zero-order chi connectivity index (χ0) is 15.5. The lowest BCUT2D eigenvalue weighted by Gasteiger charge is -2.40. The highest BCUT2D eigenvalue weighted by Gasteiger charge is 2.37. The maximum Gasteiger partial charge on any atom is 0.124 e. The highest BCUT2D eigenvalue weighted by molar-refractivity contribution is 5.37. The van der Waals surface area contributed by atoms with E-state index in [9.17, 15) is 14.8 Å². The first-order chi connectivity index (χ1) is 10.7. The van der Waals surface area contributed by atoms with Gasteiger partial charge in [0.15, 0.2) is 0 Å². The van der Waals surface area contributed by atoms with Crippen molar-refractivity contribution >= 4 is 0 Å². The molecule has 2 aliphatic rings. The van der Waals surface area contributed by atoms with Crippen molar-refractivity contribution in [3.05, 3.63) is 35.1 Å². The highest BCUT2D eigenvalue weighted by atomic mass is 19.1. The lowest BCUT2D eigenvalue weighted by molar-refractivity contribution is -0.0536. The Hall–Kier alpha value is -1.48. The van der Waals surface area contributed by atoms with Crippen LogP contribution in [0.5, 0.6) is 0 Å². The van der Waals surface area contributed by atoms with Gasteiger partial charge in [-0.3, -0.25) is 4.90 Å². The average Bonchev–Trinajstić information content (AvgIpc) is 2.95. The number of aliphatic hydroxyl groups is 1. The minimum absolute atomic E-state index is 0.169. The molecule has 1 aliphatic heterocycles. The van der Waals surface area contributed by atoms with Crippen LogP contribution in [-0.4, -0.2) is 41.9 Å². The van der Waals surface area contributed by atoms with Crippen LogP contribution in [0.3, 0.4) is 0 Å². The van der Waals surface area contributed by atoms with Crippen LogP contribution in [-0.2, 0) is 11.3 Å². The summed E-state index contributed by atoms with van der Waals surface area (Å²) in [6, 6.07) is 6.61. The minimum Gasteiger partial charge on any atom is -0.393 e. The zero-order valence-electron chi connectivity index (χ0n) is 12.5. The summed E-state index contributed by atoms with van der Waals surface area (Å²) in [6.07, 6.45) is 2.66. The van der Waals surface area contributed by atoms with E-state index in [2.05, 4.69) is 11.0 Å². The Balaban J connectivity index is 1.78. The fourth-order valence-electron chi connectivity index (χ4n) is 3.68. The van der Waals surface area contributed by atoms with Gasteiger partial charge in [-0.1, -0.05) is 12.5 Å². The molecule has 0 unspecified atom stereocenters. The molecule has 0 radical (unpaired) electrons. The van der Waals surface area contributed by atoms with E-state index in [0.29, 0.717) is 25.3 Å². The molecule has 3 rings (SSSR count). The molecule has 0 bridgehead atoms. The number of hydrogen-bond donors (Lipinski definition) is 1. The average molecular weight is 304 g/mol. The second-order valence-electron chi connectivity index (χ2n) is 6.19. The topological polar surface area (TPSA) is 56.5 Å². The summed E-state index contributed by atoms with van der Waals surface area (Å²) in [4.78, 5) is 2.27. The number of benzene rings is 1. The second kappa shape index (κ2) is 6.74. The normalized spacial score (nSPS) is 29.4. The lowest BCUT2D eigenvalue weighted by Crippen LogP contribution is -2.50. The van der Waals surface area contributed by atoms with Gasteiger partial charge < -0.3 is 9.84 Å². The van der Waals surface area contributed by atoms with Gasteiger partial charge in [-0.05, 0) is 30.5 Å². The molecule has 0 amide bonds. The van der Waals surface area contributed by atoms with E-state index in [0.717, 1.165) is 31.4 Å². The smallest absolute Gasteiger partial charge is 0.124 e. The summed E-state index contributed by atoms with van der Waals surface area (Å²) >= 11 is 0. The molecular weight excluding hydrogens is 283 g/mol. The Labute approximate surface area is 130 Å². The molecule has 1 N–H and O–H groups in total. The summed E-state index contributed by atoms with van der Waals surface area (Å²) in [6.45, 7) is 2.64. The van der Waals surface area contributed by atoms with Crippen molar-refractivity contribution in [2.45, 2.75) is 38.0 Å². The molecule has 1 aromatic carbocycles. The number of nitrogens with zero attached hydrogens (tertiary/aromatic N) is 2. The Morgan fingerprint density at radius 2 is 2.27 bits per heavy atom. The fraction of sp³-hybridized carbons (Fsp3) is 0.588. The van der Waals surface area contributed by atoms with Crippen molar-refractivity contribution in [2.24, 2.45) is 5.92 Å². The molecule has 4 nitrogen and oxygen atoms in total. The molecule has 5 heteroatoms. The van der Waals surface area contributed by atoms with Gasteiger partial charge in [-0.25, -0.2) is 4.39 Å². The van der Waals surface area contributed by atoms with Crippen molar-refractivity contribution in [3.8, 4) is 6.07 Å². The van der Waals surface area contributed by atoms with Gasteiger partial charge in [0.1, 0.15) is 5.82 Å². The fourth-order valence-corrected chi connectivity index (χ4v) is 3.68. The summed E-state index contributed by atoms with van der Waals surface area (Å²) < 4.78 is 18.9. The van der Waals surface area contributed by atoms with E-state index in [1.54, 1.807) is 6.07 Å². The molecule has 22 heavy (non-hydrogen) atoms. The van der Waals surface area contributed by atoms with Crippen LogP contribution in [0.25, 0.3) is 0 Å². The third kappa shape index (κ3) is 3.14. The predicted octanol–water partition coefficient (Wildman–Crippen LogP) is 2.06. The van der Waals surface area contributed by atoms with Crippen LogP contribution in [0.1, 0.15) is 30.4 Å². The molecule has 1 saturated carbocycles. The van der Waals surface area contributed by atoms with Crippen LogP contribution in [0.4, 0.5) is 4.39 Å². The van der Waals surface area contributed by atoms with Crippen LogP contribution < -0.4 is 0 Å². The molecule has 0 spiro atoms. The molecule has 118 valence electrons. The van der Waals surface area contributed by atoms with Crippen molar-refractivity contribution in [3.63, 3.8) is 0 Å². The Bertz CT molecular complexity index is 572. The van der Waals surface area contributed by atoms with Crippen molar-refractivity contribution in [1.29, 1.82) is 5.26 Å². The SMILES string of the molecule is N#Cc1cc(F)ccc1CN1CCOC[C@@H]1[C@H]1CCC[C@@H]1O. The molecule has 1 aromatic rings. The van der Waals surface area contributed by atoms with Gasteiger partial charge in [-0.15, -0.1) is 0 Å². The zero-order valence-corrected chi connectivity index (χ0v) is 12.5. The number of ether oxygens (including phenoxy) is 1. The number of hydrogen-bond acceptors (Lipinski definition) is 4. The van der Waals surface area contributed by atoms with E-state index in [1.807, 2.05) is 0 Å². The first-order valence-corrected chi connectivity index (χ1v) is 7.87. The number of nitriles is 1. The van der Waals surface area contributed by atoms with Crippen LogP contribution in [0.2, 0.25) is 0 Å². The predicted molar refractivity (Wildman–Crippen MR) is 79.5 cm³/mol. The van der Waals surface area contributed by atoms with Gasteiger partial charge in [0.2, 0.25) is 0 Å².